The summed E-state index contributed by atoms with van der Waals surface area (Å²) < 4.78 is 12.8. The number of amides is 1. The van der Waals surface area contributed by atoms with E-state index in [0.717, 1.165) is 38.2 Å². The van der Waals surface area contributed by atoms with Crippen LogP contribution in [0.5, 0.6) is 11.5 Å². The van der Waals surface area contributed by atoms with E-state index < -0.39 is 0 Å². The fourth-order valence-electron chi connectivity index (χ4n) is 3.64. The molecule has 1 amide bonds. The smallest absolute Gasteiger partial charge is 0.253 e. The summed E-state index contributed by atoms with van der Waals surface area (Å²) in [4.78, 5) is 14.7. The molecule has 1 saturated heterocycles. The predicted octanol–water partition coefficient (Wildman–Crippen LogP) is 2.78. The number of benzene rings is 1. The Morgan fingerprint density at radius 1 is 1.16 bits per heavy atom. The van der Waals surface area contributed by atoms with Crippen LogP contribution in [0.2, 0.25) is 0 Å². The Balaban J connectivity index is 1.36. The van der Waals surface area contributed by atoms with Gasteiger partial charge < -0.3 is 14.4 Å². The number of carbonyl (C=O) groups excluding carboxylic acids is 1. The molecule has 0 saturated carbocycles. The molecule has 1 aromatic carbocycles. The highest BCUT2D eigenvalue weighted by atomic mass is 16.7. The van der Waals surface area contributed by atoms with Gasteiger partial charge in [-0.1, -0.05) is 0 Å². The molecule has 0 unspecified atom stereocenters. The van der Waals surface area contributed by atoms with E-state index in [9.17, 15) is 4.79 Å². The zero-order valence-corrected chi connectivity index (χ0v) is 14.7. The number of nitrogens with zero attached hydrogens (tertiary/aromatic N) is 3. The molecule has 4 rings (SSSR count). The molecule has 6 heteroatoms. The van der Waals surface area contributed by atoms with E-state index in [2.05, 4.69) is 22.8 Å². The highest BCUT2D eigenvalue weighted by Gasteiger charge is 2.25. The summed E-state index contributed by atoms with van der Waals surface area (Å²) in [7, 11) is 0. The number of aromatic nitrogens is 2. The van der Waals surface area contributed by atoms with Gasteiger partial charge in [0.25, 0.3) is 5.91 Å². The van der Waals surface area contributed by atoms with Gasteiger partial charge >= 0.3 is 0 Å². The first-order chi connectivity index (χ1) is 12.1. The third kappa shape index (κ3) is 3.21. The van der Waals surface area contributed by atoms with Crippen LogP contribution in [-0.4, -0.2) is 40.5 Å². The summed E-state index contributed by atoms with van der Waals surface area (Å²) in [5.74, 6) is 2.01. The molecule has 3 heterocycles. The fourth-order valence-corrected chi connectivity index (χ4v) is 3.64. The van der Waals surface area contributed by atoms with Crippen LogP contribution in [0, 0.1) is 19.8 Å². The average molecular weight is 341 g/mol. The molecule has 0 bridgehead atoms. The molecular formula is C19H23N3O3. The van der Waals surface area contributed by atoms with E-state index in [4.69, 9.17) is 9.47 Å². The molecule has 0 aliphatic carbocycles. The van der Waals surface area contributed by atoms with Crippen molar-refractivity contribution >= 4 is 5.91 Å². The van der Waals surface area contributed by atoms with Gasteiger partial charge in [0.05, 0.1) is 5.69 Å². The van der Waals surface area contributed by atoms with Gasteiger partial charge in [-0.05, 0) is 56.9 Å². The number of hydrogen-bond donors (Lipinski definition) is 0. The first kappa shape index (κ1) is 16.0. The Morgan fingerprint density at radius 3 is 2.64 bits per heavy atom. The zero-order chi connectivity index (χ0) is 17.4. The summed E-state index contributed by atoms with van der Waals surface area (Å²) in [6.07, 6.45) is 2.02. The van der Waals surface area contributed by atoms with Crippen molar-refractivity contribution in [3.8, 4) is 11.5 Å². The maximum Gasteiger partial charge on any atom is 0.253 e. The largest absolute Gasteiger partial charge is 0.454 e. The van der Waals surface area contributed by atoms with Gasteiger partial charge in [-0.25, -0.2) is 0 Å². The molecule has 0 radical (unpaired) electrons. The number of aryl methyl sites for hydroxylation is 2. The standard InChI is InChI=1S/C19H23N3O3/c1-13-9-14(2)22(20-13)11-15-5-7-21(8-6-15)19(23)16-3-4-17-18(10-16)25-12-24-17/h3-4,9-10,15H,5-8,11-12H2,1-2H3. The van der Waals surface area contributed by atoms with Crippen LogP contribution in [0.1, 0.15) is 34.6 Å². The van der Waals surface area contributed by atoms with Gasteiger partial charge in [-0.2, -0.15) is 5.10 Å². The summed E-state index contributed by atoms with van der Waals surface area (Å²) >= 11 is 0. The summed E-state index contributed by atoms with van der Waals surface area (Å²) in [5.41, 5.74) is 2.94. The van der Waals surface area contributed by atoms with Crippen molar-refractivity contribution < 1.29 is 14.3 Å². The highest BCUT2D eigenvalue weighted by Crippen LogP contribution is 2.33. The zero-order valence-electron chi connectivity index (χ0n) is 14.7. The van der Waals surface area contributed by atoms with E-state index in [1.807, 2.05) is 24.0 Å². The average Bonchev–Trinajstić information content (AvgIpc) is 3.20. The molecule has 2 aliphatic rings. The van der Waals surface area contributed by atoms with E-state index in [1.165, 1.54) is 5.69 Å². The molecule has 25 heavy (non-hydrogen) atoms. The third-order valence-electron chi connectivity index (χ3n) is 5.06. The summed E-state index contributed by atoms with van der Waals surface area (Å²) in [6.45, 7) is 6.86. The highest BCUT2D eigenvalue weighted by molar-refractivity contribution is 5.95. The molecule has 2 aromatic rings. The van der Waals surface area contributed by atoms with Gasteiger partial charge in [-0.3, -0.25) is 9.48 Å². The molecule has 6 nitrogen and oxygen atoms in total. The van der Waals surface area contributed by atoms with Crippen LogP contribution in [0.15, 0.2) is 24.3 Å². The van der Waals surface area contributed by atoms with Crippen LogP contribution < -0.4 is 9.47 Å². The lowest BCUT2D eigenvalue weighted by Gasteiger charge is -2.32. The van der Waals surface area contributed by atoms with E-state index >= 15 is 0 Å². The lowest BCUT2D eigenvalue weighted by atomic mass is 9.96. The van der Waals surface area contributed by atoms with Crippen molar-refractivity contribution in [1.82, 2.24) is 14.7 Å². The predicted molar refractivity (Wildman–Crippen MR) is 92.9 cm³/mol. The lowest BCUT2D eigenvalue weighted by Crippen LogP contribution is -2.39. The monoisotopic (exact) mass is 341 g/mol. The Morgan fingerprint density at radius 2 is 1.92 bits per heavy atom. The first-order valence-electron chi connectivity index (χ1n) is 8.80. The Kier molecular flexibility index (Phi) is 4.11. The van der Waals surface area contributed by atoms with Gasteiger partial charge in [-0.15, -0.1) is 0 Å². The minimum atomic E-state index is 0.0721. The summed E-state index contributed by atoms with van der Waals surface area (Å²) in [5, 5.41) is 4.55. The first-order valence-corrected chi connectivity index (χ1v) is 8.80. The Hall–Kier alpha value is -2.50. The topological polar surface area (TPSA) is 56.6 Å². The molecule has 132 valence electrons. The van der Waals surface area contributed by atoms with Crippen molar-refractivity contribution in [3.05, 3.63) is 41.2 Å². The molecular weight excluding hydrogens is 318 g/mol. The summed E-state index contributed by atoms with van der Waals surface area (Å²) in [6, 6.07) is 7.52. The number of piperidine rings is 1. The van der Waals surface area contributed by atoms with Crippen LogP contribution in [0.25, 0.3) is 0 Å². The number of rotatable bonds is 3. The van der Waals surface area contributed by atoms with E-state index in [-0.39, 0.29) is 12.7 Å². The van der Waals surface area contributed by atoms with Crippen LogP contribution in [0.4, 0.5) is 0 Å². The number of likely N-dealkylation sites (tertiary alicyclic amines) is 1. The second kappa shape index (κ2) is 6.43. The van der Waals surface area contributed by atoms with E-state index in [1.54, 1.807) is 6.07 Å². The SMILES string of the molecule is Cc1cc(C)n(CC2CCN(C(=O)c3ccc4c(c3)OCO4)CC2)n1. The molecule has 1 fully saturated rings. The molecule has 2 aliphatic heterocycles. The van der Waals surface area contributed by atoms with Gasteiger partial charge in [0, 0.05) is 30.9 Å². The quantitative estimate of drug-likeness (QED) is 0.861. The van der Waals surface area contributed by atoms with Crippen molar-refractivity contribution in [2.24, 2.45) is 5.92 Å². The van der Waals surface area contributed by atoms with Crippen LogP contribution in [-0.2, 0) is 6.54 Å². The van der Waals surface area contributed by atoms with Gasteiger partial charge in [0.2, 0.25) is 6.79 Å². The maximum atomic E-state index is 12.7. The molecule has 1 aromatic heterocycles. The molecule has 0 spiro atoms. The number of hydrogen-bond acceptors (Lipinski definition) is 4. The second-order valence-corrected chi connectivity index (χ2v) is 6.91. The minimum absolute atomic E-state index is 0.0721. The number of carbonyl (C=O) groups is 1. The van der Waals surface area contributed by atoms with Gasteiger partial charge in [0.1, 0.15) is 0 Å². The Labute approximate surface area is 147 Å². The second-order valence-electron chi connectivity index (χ2n) is 6.91. The van der Waals surface area contributed by atoms with Gasteiger partial charge in [0.15, 0.2) is 11.5 Å². The minimum Gasteiger partial charge on any atom is -0.454 e. The number of fused-ring (bicyclic) bond motifs is 1. The number of ether oxygens (including phenoxy) is 2. The van der Waals surface area contributed by atoms with Crippen molar-refractivity contribution in [2.75, 3.05) is 19.9 Å². The molecule has 0 atom stereocenters. The lowest BCUT2D eigenvalue weighted by molar-refractivity contribution is 0.0680. The maximum absolute atomic E-state index is 12.7. The van der Waals surface area contributed by atoms with Crippen molar-refractivity contribution in [2.45, 2.75) is 33.2 Å². The van der Waals surface area contributed by atoms with Crippen LogP contribution >= 0.6 is 0 Å². The van der Waals surface area contributed by atoms with E-state index in [0.29, 0.717) is 23.0 Å². The van der Waals surface area contributed by atoms with Crippen molar-refractivity contribution in [3.63, 3.8) is 0 Å². The Bertz CT molecular complexity index is 791. The third-order valence-corrected chi connectivity index (χ3v) is 5.06. The van der Waals surface area contributed by atoms with Crippen LogP contribution in [0.3, 0.4) is 0 Å². The fraction of sp³-hybridized carbons (Fsp3) is 0.474. The molecule has 0 N–H and O–H groups in total. The van der Waals surface area contributed by atoms with Crippen molar-refractivity contribution in [1.29, 1.82) is 0 Å². The normalized spacial score (nSPS) is 17.1.